The normalized spacial score (nSPS) is 19.5. The van der Waals surface area contributed by atoms with Crippen LogP contribution in [0.15, 0.2) is 17.5 Å². The molecule has 0 saturated carbocycles. The maximum Gasteiger partial charge on any atom is 0.222 e. The van der Waals surface area contributed by atoms with Crippen molar-refractivity contribution in [3.63, 3.8) is 0 Å². The van der Waals surface area contributed by atoms with Gasteiger partial charge in [-0.25, -0.2) is 0 Å². The van der Waals surface area contributed by atoms with Crippen LogP contribution >= 0.6 is 11.3 Å². The molecule has 1 amide bonds. The molecule has 0 aliphatic carbocycles. The first kappa shape index (κ1) is 13.3. The molecule has 0 N–H and O–H groups in total. The fraction of sp³-hybridized carbons (Fsp3) is 0.571. The second kappa shape index (κ2) is 6.14. The lowest BCUT2D eigenvalue weighted by Gasteiger charge is -2.15. The second-order valence-corrected chi connectivity index (χ2v) is 5.77. The van der Waals surface area contributed by atoms with Crippen LogP contribution in [0, 0.1) is 5.92 Å². The average Bonchev–Trinajstić information content (AvgIpc) is 2.99. The van der Waals surface area contributed by atoms with E-state index >= 15 is 0 Å². The standard InChI is InChI=1S/C14H19NO2S/c1-2-11-9-14(17)15(10-11)7-3-5-12(16)13-6-4-8-18-13/h4,6,8,11H,2-3,5,7,9-10H2,1H3. The Morgan fingerprint density at radius 3 is 3.00 bits per heavy atom. The Kier molecular flexibility index (Phi) is 4.53. The number of Topliss-reactive ketones (excluding diaryl/α,β-unsaturated/α-hetero) is 1. The Morgan fingerprint density at radius 1 is 1.56 bits per heavy atom. The molecule has 0 radical (unpaired) electrons. The highest BCUT2D eigenvalue weighted by Crippen LogP contribution is 2.21. The number of ketones is 1. The minimum absolute atomic E-state index is 0.198. The van der Waals surface area contributed by atoms with E-state index in [1.54, 1.807) is 0 Å². The number of likely N-dealkylation sites (tertiary alicyclic amines) is 1. The van der Waals surface area contributed by atoms with Crippen molar-refractivity contribution in [1.29, 1.82) is 0 Å². The van der Waals surface area contributed by atoms with Crippen LogP contribution in [0.5, 0.6) is 0 Å². The Labute approximate surface area is 112 Å². The van der Waals surface area contributed by atoms with E-state index in [-0.39, 0.29) is 11.7 Å². The summed E-state index contributed by atoms with van der Waals surface area (Å²) in [4.78, 5) is 26.2. The quantitative estimate of drug-likeness (QED) is 0.742. The molecule has 0 bridgehead atoms. The third-order valence-corrected chi connectivity index (χ3v) is 4.41. The highest BCUT2D eigenvalue weighted by atomic mass is 32.1. The summed E-state index contributed by atoms with van der Waals surface area (Å²) in [6, 6.07) is 3.76. The fourth-order valence-electron chi connectivity index (χ4n) is 2.33. The van der Waals surface area contributed by atoms with Gasteiger partial charge in [0.05, 0.1) is 4.88 Å². The van der Waals surface area contributed by atoms with Crippen LogP contribution < -0.4 is 0 Å². The first-order valence-corrected chi connectivity index (χ1v) is 7.43. The van der Waals surface area contributed by atoms with Crippen LogP contribution in [0.2, 0.25) is 0 Å². The van der Waals surface area contributed by atoms with E-state index in [2.05, 4.69) is 6.92 Å². The molecular formula is C14H19NO2S. The molecule has 98 valence electrons. The molecule has 1 saturated heterocycles. The number of thiophene rings is 1. The van der Waals surface area contributed by atoms with Gasteiger partial charge in [0.15, 0.2) is 5.78 Å². The summed E-state index contributed by atoms with van der Waals surface area (Å²) in [5.74, 6) is 0.972. The molecule has 0 spiro atoms. The van der Waals surface area contributed by atoms with Gasteiger partial charge in [0.25, 0.3) is 0 Å². The zero-order valence-corrected chi connectivity index (χ0v) is 11.5. The topological polar surface area (TPSA) is 37.4 Å². The van der Waals surface area contributed by atoms with Crippen LogP contribution in [0.3, 0.4) is 0 Å². The number of nitrogens with zero attached hydrogens (tertiary/aromatic N) is 1. The van der Waals surface area contributed by atoms with Crippen LogP contribution in [0.1, 0.15) is 42.3 Å². The number of hydrogen-bond donors (Lipinski definition) is 0. The second-order valence-electron chi connectivity index (χ2n) is 4.82. The number of amides is 1. The van der Waals surface area contributed by atoms with Crippen molar-refractivity contribution in [2.24, 2.45) is 5.92 Å². The smallest absolute Gasteiger partial charge is 0.222 e. The molecular weight excluding hydrogens is 246 g/mol. The van der Waals surface area contributed by atoms with E-state index in [0.717, 1.165) is 30.8 Å². The maximum atomic E-state index is 11.8. The van der Waals surface area contributed by atoms with Crippen LogP contribution in [0.25, 0.3) is 0 Å². The van der Waals surface area contributed by atoms with Gasteiger partial charge in [-0.05, 0) is 23.8 Å². The molecule has 3 nitrogen and oxygen atoms in total. The molecule has 1 aliphatic heterocycles. The van der Waals surface area contributed by atoms with Crippen molar-refractivity contribution in [2.75, 3.05) is 13.1 Å². The van der Waals surface area contributed by atoms with E-state index in [4.69, 9.17) is 0 Å². The van der Waals surface area contributed by atoms with Gasteiger partial charge >= 0.3 is 0 Å². The van der Waals surface area contributed by atoms with E-state index in [1.165, 1.54) is 11.3 Å². The lowest BCUT2D eigenvalue weighted by atomic mass is 10.1. The van der Waals surface area contributed by atoms with Gasteiger partial charge in [-0.3, -0.25) is 9.59 Å². The summed E-state index contributed by atoms with van der Waals surface area (Å²) in [6.45, 7) is 3.73. The van der Waals surface area contributed by atoms with Gasteiger partial charge in [0.1, 0.15) is 0 Å². The van der Waals surface area contributed by atoms with Crippen molar-refractivity contribution in [1.82, 2.24) is 4.90 Å². The highest BCUT2D eigenvalue weighted by Gasteiger charge is 2.27. The molecule has 0 aromatic carbocycles. The number of hydrogen-bond acceptors (Lipinski definition) is 3. The first-order valence-electron chi connectivity index (χ1n) is 6.55. The maximum absolute atomic E-state index is 11.8. The minimum atomic E-state index is 0.198. The summed E-state index contributed by atoms with van der Waals surface area (Å²) in [7, 11) is 0. The lowest BCUT2D eigenvalue weighted by Crippen LogP contribution is -2.26. The summed E-state index contributed by atoms with van der Waals surface area (Å²) in [5, 5.41) is 1.92. The van der Waals surface area contributed by atoms with Crippen LogP contribution in [0.4, 0.5) is 0 Å². The third kappa shape index (κ3) is 3.19. The Bertz CT molecular complexity index is 413. The van der Waals surface area contributed by atoms with Gasteiger partial charge in [0, 0.05) is 25.9 Å². The SMILES string of the molecule is CCC1CC(=O)N(CCCC(=O)c2cccs2)C1. The zero-order valence-electron chi connectivity index (χ0n) is 10.7. The molecule has 1 atom stereocenters. The fourth-order valence-corrected chi connectivity index (χ4v) is 3.03. The van der Waals surface area contributed by atoms with Gasteiger partial charge in [-0.15, -0.1) is 11.3 Å². The Hall–Kier alpha value is -1.16. The predicted octanol–water partition coefficient (Wildman–Crippen LogP) is 2.97. The van der Waals surface area contributed by atoms with Crippen LogP contribution in [-0.2, 0) is 4.79 Å². The van der Waals surface area contributed by atoms with E-state index in [1.807, 2.05) is 22.4 Å². The number of rotatable bonds is 6. The average molecular weight is 265 g/mol. The molecule has 1 unspecified atom stereocenters. The summed E-state index contributed by atoms with van der Waals surface area (Å²) < 4.78 is 0. The summed E-state index contributed by atoms with van der Waals surface area (Å²) >= 11 is 1.49. The number of carbonyl (C=O) groups excluding carboxylic acids is 2. The monoisotopic (exact) mass is 265 g/mol. The Morgan fingerprint density at radius 2 is 2.39 bits per heavy atom. The van der Waals surface area contributed by atoms with Crippen LogP contribution in [-0.4, -0.2) is 29.7 Å². The predicted molar refractivity (Wildman–Crippen MR) is 72.9 cm³/mol. The highest BCUT2D eigenvalue weighted by molar-refractivity contribution is 7.12. The van der Waals surface area contributed by atoms with Gasteiger partial charge in [-0.2, -0.15) is 0 Å². The van der Waals surface area contributed by atoms with E-state index in [9.17, 15) is 9.59 Å². The lowest BCUT2D eigenvalue weighted by molar-refractivity contribution is -0.127. The van der Waals surface area contributed by atoms with Crippen molar-refractivity contribution in [3.8, 4) is 0 Å². The van der Waals surface area contributed by atoms with E-state index < -0.39 is 0 Å². The molecule has 1 fully saturated rings. The first-order chi connectivity index (χ1) is 8.70. The number of carbonyl (C=O) groups is 2. The largest absolute Gasteiger partial charge is 0.342 e. The summed E-state index contributed by atoms with van der Waals surface area (Å²) in [6.07, 6.45) is 3.08. The summed E-state index contributed by atoms with van der Waals surface area (Å²) in [5.41, 5.74) is 0. The zero-order chi connectivity index (χ0) is 13.0. The molecule has 4 heteroatoms. The third-order valence-electron chi connectivity index (χ3n) is 3.50. The Balaban J connectivity index is 1.73. The van der Waals surface area contributed by atoms with Gasteiger partial charge in [-0.1, -0.05) is 19.4 Å². The van der Waals surface area contributed by atoms with Crippen molar-refractivity contribution in [3.05, 3.63) is 22.4 Å². The van der Waals surface area contributed by atoms with Gasteiger partial charge < -0.3 is 4.90 Å². The molecule has 1 aliphatic rings. The molecule has 1 aromatic rings. The molecule has 2 rings (SSSR count). The van der Waals surface area contributed by atoms with Crippen molar-refractivity contribution < 1.29 is 9.59 Å². The van der Waals surface area contributed by atoms with E-state index in [0.29, 0.717) is 18.8 Å². The molecule has 2 heterocycles. The minimum Gasteiger partial charge on any atom is -0.342 e. The van der Waals surface area contributed by atoms with Gasteiger partial charge in [0.2, 0.25) is 5.91 Å². The van der Waals surface area contributed by atoms with Crippen molar-refractivity contribution in [2.45, 2.75) is 32.6 Å². The van der Waals surface area contributed by atoms with Crippen molar-refractivity contribution >= 4 is 23.0 Å². The molecule has 18 heavy (non-hydrogen) atoms. The molecule has 1 aromatic heterocycles.